The zero-order chi connectivity index (χ0) is 19.8. The minimum Gasteiger partial charge on any atom is -0.457 e. The Kier molecular flexibility index (Phi) is 6.36. The van der Waals surface area contributed by atoms with E-state index in [2.05, 4.69) is 5.16 Å². The number of rotatable bonds is 7. The first kappa shape index (κ1) is 19.1. The van der Waals surface area contributed by atoms with Crippen LogP contribution in [-0.4, -0.2) is 18.2 Å². The van der Waals surface area contributed by atoms with Crippen LogP contribution >= 0.6 is 0 Å². The molecule has 0 amide bonds. The third kappa shape index (κ3) is 5.67. The van der Waals surface area contributed by atoms with E-state index in [0.717, 1.165) is 5.56 Å². The second-order valence-electron chi connectivity index (χ2n) is 6.12. The smallest absolute Gasteiger partial charge is 0.379 e. The van der Waals surface area contributed by atoms with Gasteiger partial charge in [-0.05, 0) is 60.9 Å². The highest BCUT2D eigenvalue weighted by Crippen LogP contribution is 2.14. The number of hydrogen-bond acceptors (Lipinski definition) is 6. The molecule has 6 heteroatoms. The molecule has 0 aliphatic heterocycles. The zero-order valence-corrected chi connectivity index (χ0v) is 15.3. The number of ether oxygens (including phenoxy) is 1. The largest absolute Gasteiger partial charge is 0.457 e. The van der Waals surface area contributed by atoms with Crippen LogP contribution in [0.3, 0.4) is 0 Å². The van der Waals surface area contributed by atoms with Crippen molar-refractivity contribution in [2.24, 2.45) is 5.16 Å². The summed E-state index contributed by atoms with van der Waals surface area (Å²) < 4.78 is 10.2. The molecule has 0 spiro atoms. The van der Waals surface area contributed by atoms with Crippen molar-refractivity contribution in [2.45, 2.75) is 19.8 Å². The molecule has 0 atom stereocenters. The molecule has 0 N–H and O–H groups in total. The first-order valence-corrected chi connectivity index (χ1v) is 8.75. The Bertz CT molecular complexity index is 942. The van der Waals surface area contributed by atoms with Crippen LogP contribution in [0, 0.1) is 6.92 Å². The third-order valence-electron chi connectivity index (χ3n) is 3.91. The number of carbonyl (C=O) groups is 2. The lowest BCUT2D eigenvalue weighted by Gasteiger charge is -2.02. The van der Waals surface area contributed by atoms with E-state index < -0.39 is 11.9 Å². The van der Waals surface area contributed by atoms with Gasteiger partial charge in [0, 0.05) is 0 Å². The molecule has 0 saturated heterocycles. The van der Waals surface area contributed by atoms with E-state index in [0.29, 0.717) is 17.7 Å². The monoisotopic (exact) mass is 377 g/mol. The maximum absolute atomic E-state index is 11.8. The van der Waals surface area contributed by atoms with E-state index in [1.165, 1.54) is 24.1 Å². The number of benzene rings is 2. The predicted molar refractivity (Wildman–Crippen MR) is 103 cm³/mol. The zero-order valence-electron chi connectivity index (χ0n) is 15.3. The Labute approximate surface area is 162 Å². The first-order chi connectivity index (χ1) is 13.6. The van der Waals surface area contributed by atoms with E-state index >= 15 is 0 Å². The van der Waals surface area contributed by atoms with Gasteiger partial charge in [-0.2, -0.15) is 0 Å². The molecule has 0 aliphatic rings. The summed E-state index contributed by atoms with van der Waals surface area (Å²) in [6, 6.07) is 17.7. The first-order valence-electron chi connectivity index (χ1n) is 8.75. The summed E-state index contributed by atoms with van der Waals surface area (Å²) in [5.41, 5.74) is 2.95. The predicted octanol–water partition coefficient (Wildman–Crippen LogP) is 4.32. The van der Waals surface area contributed by atoms with E-state index in [-0.39, 0.29) is 12.2 Å². The summed E-state index contributed by atoms with van der Waals surface area (Å²) in [4.78, 5) is 28.4. The van der Waals surface area contributed by atoms with Crippen LogP contribution in [0.1, 0.15) is 33.7 Å². The summed E-state index contributed by atoms with van der Waals surface area (Å²) in [5, 5.41) is 3.70. The Morgan fingerprint density at radius 1 is 1.04 bits per heavy atom. The van der Waals surface area contributed by atoms with Crippen molar-refractivity contribution in [1.29, 1.82) is 0 Å². The maximum Gasteiger partial charge on any atom is 0.379 e. The normalized spacial score (nSPS) is 10.8. The lowest BCUT2D eigenvalue weighted by atomic mass is 10.1. The molecule has 0 bridgehead atoms. The highest BCUT2D eigenvalue weighted by atomic mass is 16.7. The maximum atomic E-state index is 11.8. The standard InChI is InChI=1S/C22H19NO5/c1-16-4-6-17(7-5-16)10-13-21(24)28-23-15-18-8-11-19(12-9-18)27-22(25)20-3-2-14-26-20/h2-9,11-12,14-15H,10,13H2,1H3/b23-15-. The quantitative estimate of drug-likeness (QED) is 0.201. The molecular formula is C22H19NO5. The van der Waals surface area contributed by atoms with Gasteiger partial charge in [0.25, 0.3) is 0 Å². The number of aryl methyl sites for hydroxylation is 2. The molecule has 3 aromatic rings. The van der Waals surface area contributed by atoms with Crippen LogP contribution in [0.5, 0.6) is 5.75 Å². The van der Waals surface area contributed by atoms with Crippen LogP contribution in [0.15, 0.2) is 76.5 Å². The Morgan fingerprint density at radius 3 is 2.46 bits per heavy atom. The number of esters is 1. The second-order valence-corrected chi connectivity index (χ2v) is 6.12. The summed E-state index contributed by atoms with van der Waals surface area (Å²) >= 11 is 0. The minimum absolute atomic E-state index is 0.128. The van der Waals surface area contributed by atoms with Gasteiger partial charge in [0.1, 0.15) is 5.75 Å². The van der Waals surface area contributed by atoms with Crippen LogP contribution in [0.2, 0.25) is 0 Å². The van der Waals surface area contributed by atoms with Gasteiger partial charge in [0.15, 0.2) is 0 Å². The second kappa shape index (κ2) is 9.32. The van der Waals surface area contributed by atoms with Crippen molar-refractivity contribution in [2.75, 3.05) is 0 Å². The number of nitrogens with zero attached hydrogens (tertiary/aromatic N) is 1. The SMILES string of the molecule is Cc1ccc(CCC(=O)O/N=C\c2ccc(OC(=O)c3ccco3)cc2)cc1. The molecule has 28 heavy (non-hydrogen) atoms. The Hall–Kier alpha value is -3.67. The molecule has 3 rings (SSSR count). The number of carbonyl (C=O) groups excluding carboxylic acids is 2. The molecule has 6 nitrogen and oxygen atoms in total. The van der Waals surface area contributed by atoms with Crippen molar-refractivity contribution in [3.63, 3.8) is 0 Å². The topological polar surface area (TPSA) is 78.1 Å². The third-order valence-corrected chi connectivity index (χ3v) is 3.91. The van der Waals surface area contributed by atoms with Crippen LogP contribution in [-0.2, 0) is 16.1 Å². The fourth-order valence-electron chi connectivity index (χ4n) is 2.37. The van der Waals surface area contributed by atoms with E-state index in [1.54, 1.807) is 30.3 Å². The van der Waals surface area contributed by atoms with Gasteiger partial charge >= 0.3 is 11.9 Å². The van der Waals surface area contributed by atoms with Crippen molar-refractivity contribution < 1.29 is 23.6 Å². The average molecular weight is 377 g/mol. The number of furan rings is 1. The summed E-state index contributed by atoms with van der Waals surface area (Å²) in [6.45, 7) is 2.02. The van der Waals surface area contributed by atoms with Gasteiger partial charge in [0.05, 0.1) is 18.9 Å². The molecule has 0 fully saturated rings. The van der Waals surface area contributed by atoms with Gasteiger partial charge in [0.2, 0.25) is 5.76 Å². The number of hydrogen-bond donors (Lipinski definition) is 0. The fraction of sp³-hybridized carbons (Fsp3) is 0.136. The van der Waals surface area contributed by atoms with Crippen molar-refractivity contribution in [3.8, 4) is 5.75 Å². The van der Waals surface area contributed by atoms with Gasteiger partial charge in [-0.15, -0.1) is 0 Å². The Balaban J connectivity index is 1.44. The van der Waals surface area contributed by atoms with Crippen LogP contribution in [0.25, 0.3) is 0 Å². The average Bonchev–Trinajstić information content (AvgIpc) is 3.24. The van der Waals surface area contributed by atoms with Gasteiger partial charge in [-0.1, -0.05) is 35.0 Å². The molecule has 142 valence electrons. The molecule has 1 aromatic heterocycles. The summed E-state index contributed by atoms with van der Waals surface area (Å²) in [7, 11) is 0. The van der Waals surface area contributed by atoms with Gasteiger partial charge in [-0.25, -0.2) is 9.59 Å². The molecule has 0 radical (unpaired) electrons. The van der Waals surface area contributed by atoms with E-state index in [4.69, 9.17) is 14.0 Å². The lowest BCUT2D eigenvalue weighted by molar-refractivity contribution is -0.143. The molecule has 0 saturated carbocycles. The molecule has 2 aromatic carbocycles. The van der Waals surface area contributed by atoms with Crippen molar-refractivity contribution >= 4 is 18.2 Å². The molecule has 1 heterocycles. The molecule has 0 aliphatic carbocycles. The van der Waals surface area contributed by atoms with Crippen molar-refractivity contribution in [1.82, 2.24) is 0 Å². The van der Waals surface area contributed by atoms with E-state index in [9.17, 15) is 9.59 Å². The van der Waals surface area contributed by atoms with Gasteiger partial charge < -0.3 is 14.0 Å². The van der Waals surface area contributed by atoms with Gasteiger partial charge in [-0.3, -0.25) is 0 Å². The summed E-state index contributed by atoms with van der Waals surface area (Å²) in [5.74, 6) is -0.480. The lowest BCUT2D eigenvalue weighted by Crippen LogP contribution is -2.07. The molecule has 0 unspecified atom stereocenters. The highest BCUT2D eigenvalue weighted by molar-refractivity contribution is 5.88. The van der Waals surface area contributed by atoms with E-state index in [1.807, 2.05) is 31.2 Å². The fourth-order valence-corrected chi connectivity index (χ4v) is 2.37. The Morgan fingerprint density at radius 2 is 1.79 bits per heavy atom. The van der Waals surface area contributed by atoms with Crippen LogP contribution < -0.4 is 4.74 Å². The minimum atomic E-state index is -0.575. The van der Waals surface area contributed by atoms with Crippen molar-refractivity contribution in [3.05, 3.63) is 89.4 Å². The highest BCUT2D eigenvalue weighted by Gasteiger charge is 2.11. The molecular weight excluding hydrogens is 358 g/mol. The van der Waals surface area contributed by atoms with Crippen LogP contribution in [0.4, 0.5) is 0 Å². The summed E-state index contributed by atoms with van der Waals surface area (Å²) in [6.07, 6.45) is 3.67. The number of oxime groups is 1.